The van der Waals surface area contributed by atoms with E-state index in [-0.39, 0.29) is 11.6 Å². The lowest BCUT2D eigenvalue weighted by molar-refractivity contribution is 0.0995. The highest BCUT2D eigenvalue weighted by Gasteiger charge is 2.25. The van der Waals surface area contributed by atoms with E-state index in [1.807, 2.05) is 25.1 Å². The number of pyridine rings is 1. The normalized spacial score (nSPS) is 15.8. The van der Waals surface area contributed by atoms with Crippen molar-refractivity contribution >= 4 is 17.7 Å². The number of carboxylic acid groups (broad SMARTS) is 1. The first-order valence-electron chi connectivity index (χ1n) is 6.85. The van der Waals surface area contributed by atoms with Crippen LogP contribution in [0.1, 0.15) is 34.9 Å². The zero-order chi connectivity index (χ0) is 15.6. The van der Waals surface area contributed by atoms with E-state index < -0.39 is 12.0 Å². The molecule has 1 saturated heterocycles. The SMILES string of the molecule is CN(C)c1cc(C(N)=O)nc(C2CCN(C(=O)O)CC2)c1. The molecule has 1 aromatic heterocycles. The van der Waals surface area contributed by atoms with Gasteiger partial charge in [0.25, 0.3) is 5.91 Å². The van der Waals surface area contributed by atoms with Crippen molar-refractivity contribution in [3.63, 3.8) is 0 Å². The van der Waals surface area contributed by atoms with E-state index in [1.165, 1.54) is 4.90 Å². The van der Waals surface area contributed by atoms with Gasteiger partial charge in [-0.2, -0.15) is 0 Å². The van der Waals surface area contributed by atoms with E-state index in [1.54, 1.807) is 6.07 Å². The minimum atomic E-state index is -0.888. The average Bonchev–Trinajstić information content (AvgIpc) is 2.46. The summed E-state index contributed by atoms with van der Waals surface area (Å²) < 4.78 is 0. The van der Waals surface area contributed by atoms with Crippen LogP contribution >= 0.6 is 0 Å². The van der Waals surface area contributed by atoms with E-state index in [4.69, 9.17) is 10.8 Å². The molecule has 0 unspecified atom stereocenters. The minimum absolute atomic E-state index is 0.151. The van der Waals surface area contributed by atoms with Crippen LogP contribution in [-0.4, -0.2) is 54.2 Å². The molecular formula is C14H20N4O3. The van der Waals surface area contributed by atoms with Crippen molar-refractivity contribution in [1.29, 1.82) is 0 Å². The zero-order valence-corrected chi connectivity index (χ0v) is 12.2. The summed E-state index contributed by atoms with van der Waals surface area (Å²) in [5.74, 6) is -0.401. The monoisotopic (exact) mass is 292 g/mol. The molecule has 2 heterocycles. The number of piperidine rings is 1. The molecule has 0 radical (unpaired) electrons. The van der Waals surface area contributed by atoms with Crippen molar-refractivity contribution in [2.45, 2.75) is 18.8 Å². The molecule has 1 aromatic rings. The van der Waals surface area contributed by atoms with Gasteiger partial charge in [-0.05, 0) is 25.0 Å². The van der Waals surface area contributed by atoms with Crippen LogP contribution in [0.15, 0.2) is 12.1 Å². The summed E-state index contributed by atoms with van der Waals surface area (Å²) >= 11 is 0. The standard InChI is InChI=1S/C14H20N4O3/c1-17(2)10-7-11(16-12(8-10)13(15)19)9-3-5-18(6-4-9)14(20)21/h7-9H,3-6H2,1-2H3,(H2,15,19)(H,20,21). The lowest BCUT2D eigenvalue weighted by Gasteiger charge is -2.30. The number of primary amides is 1. The number of likely N-dealkylation sites (tertiary alicyclic amines) is 1. The Kier molecular flexibility index (Phi) is 4.30. The molecule has 2 rings (SSSR count). The van der Waals surface area contributed by atoms with E-state index in [0.29, 0.717) is 25.9 Å². The van der Waals surface area contributed by atoms with Crippen molar-refractivity contribution in [2.75, 3.05) is 32.1 Å². The largest absolute Gasteiger partial charge is 0.465 e. The van der Waals surface area contributed by atoms with Gasteiger partial charge in [-0.1, -0.05) is 0 Å². The number of rotatable bonds is 3. The highest BCUT2D eigenvalue weighted by Crippen LogP contribution is 2.29. The summed E-state index contributed by atoms with van der Waals surface area (Å²) in [6.45, 7) is 0.972. The van der Waals surface area contributed by atoms with Crippen molar-refractivity contribution in [3.8, 4) is 0 Å². The first-order valence-corrected chi connectivity index (χ1v) is 6.85. The molecule has 1 aliphatic heterocycles. The lowest BCUT2D eigenvalue weighted by Crippen LogP contribution is -2.37. The molecule has 1 fully saturated rings. The number of hydrogen-bond acceptors (Lipinski definition) is 4. The molecule has 0 aliphatic carbocycles. The smallest absolute Gasteiger partial charge is 0.407 e. The number of nitrogens with two attached hydrogens (primary N) is 1. The van der Waals surface area contributed by atoms with Crippen LogP contribution in [0.3, 0.4) is 0 Å². The Labute approximate surface area is 123 Å². The third-order valence-electron chi connectivity index (χ3n) is 3.78. The second kappa shape index (κ2) is 5.99. The molecular weight excluding hydrogens is 272 g/mol. The van der Waals surface area contributed by atoms with E-state index in [9.17, 15) is 9.59 Å². The van der Waals surface area contributed by atoms with Crippen LogP contribution in [0.4, 0.5) is 10.5 Å². The van der Waals surface area contributed by atoms with Gasteiger partial charge in [0, 0.05) is 44.5 Å². The van der Waals surface area contributed by atoms with Crippen LogP contribution < -0.4 is 10.6 Å². The Morgan fingerprint density at radius 2 is 1.95 bits per heavy atom. The quantitative estimate of drug-likeness (QED) is 0.869. The van der Waals surface area contributed by atoms with E-state index in [0.717, 1.165) is 11.4 Å². The zero-order valence-electron chi connectivity index (χ0n) is 12.2. The molecule has 0 aromatic carbocycles. The predicted molar refractivity (Wildman–Crippen MR) is 78.7 cm³/mol. The molecule has 2 amide bonds. The summed E-state index contributed by atoms with van der Waals surface area (Å²) in [6, 6.07) is 3.60. The van der Waals surface area contributed by atoms with Crippen LogP contribution in [0.5, 0.6) is 0 Å². The molecule has 21 heavy (non-hydrogen) atoms. The van der Waals surface area contributed by atoms with Gasteiger partial charge in [0.05, 0.1) is 0 Å². The van der Waals surface area contributed by atoms with Gasteiger partial charge in [0.1, 0.15) is 5.69 Å². The van der Waals surface area contributed by atoms with E-state index >= 15 is 0 Å². The van der Waals surface area contributed by atoms with Gasteiger partial charge in [-0.3, -0.25) is 4.79 Å². The number of anilines is 1. The number of hydrogen-bond donors (Lipinski definition) is 2. The maximum Gasteiger partial charge on any atom is 0.407 e. The lowest BCUT2D eigenvalue weighted by atomic mass is 9.92. The second-order valence-electron chi connectivity index (χ2n) is 5.44. The first kappa shape index (κ1) is 15.1. The summed E-state index contributed by atoms with van der Waals surface area (Å²) in [5, 5.41) is 8.97. The fourth-order valence-corrected chi connectivity index (χ4v) is 2.50. The van der Waals surface area contributed by atoms with Gasteiger partial charge < -0.3 is 20.6 Å². The van der Waals surface area contributed by atoms with E-state index in [2.05, 4.69) is 4.98 Å². The molecule has 0 bridgehead atoms. The fourth-order valence-electron chi connectivity index (χ4n) is 2.50. The molecule has 114 valence electrons. The molecule has 0 spiro atoms. The van der Waals surface area contributed by atoms with Crippen molar-refractivity contribution in [1.82, 2.24) is 9.88 Å². The maximum absolute atomic E-state index is 11.4. The first-order chi connectivity index (χ1) is 9.88. The molecule has 0 atom stereocenters. The topological polar surface area (TPSA) is 99.8 Å². The molecule has 1 aliphatic rings. The van der Waals surface area contributed by atoms with Gasteiger partial charge in [-0.15, -0.1) is 0 Å². The number of carbonyl (C=O) groups is 2. The Bertz CT molecular complexity index is 551. The van der Waals surface area contributed by atoms with Gasteiger partial charge >= 0.3 is 6.09 Å². The van der Waals surface area contributed by atoms with Crippen LogP contribution in [0.2, 0.25) is 0 Å². The number of amides is 2. The predicted octanol–water partition coefficient (Wildman–Crippen LogP) is 1.10. The maximum atomic E-state index is 11.4. The van der Waals surface area contributed by atoms with Gasteiger partial charge in [0.15, 0.2) is 0 Å². The molecule has 3 N–H and O–H groups in total. The highest BCUT2D eigenvalue weighted by molar-refractivity contribution is 5.91. The molecule has 7 heteroatoms. The van der Waals surface area contributed by atoms with Crippen LogP contribution in [0.25, 0.3) is 0 Å². The summed E-state index contributed by atoms with van der Waals surface area (Å²) in [5.41, 5.74) is 7.26. The van der Waals surface area contributed by atoms with Crippen LogP contribution in [-0.2, 0) is 0 Å². The summed E-state index contributed by atoms with van der Waals surface area (Å²) in [4.78, 5) is 30.0. The summed E-state index contributed by atoms with van der Waals surface area (Å²) in [7, 11) is 3.77. The number of aromatic nitrogens is 1. The molecule has 0 saturated carbocycles. The second-order valence-corrected chi connectivity index (χ2v) is 5.44. The van der Waals surface area contributed by atoms with Crippen LogP contribution in [0, 0.1) is 0 Å². The van der Waals surface area contributed by atoms with Crippen molar-refractivity contribution in [2.24, 2.45) is 5.73 Å². The van der Waals surface area contributed by atoms with Gasteiger partial charge in [0.2, 0.25) is 0 Å². The minimum Gasteiger partial charge on any atom is -0.465 e. The fraction of sp³-hybridized carbons (Fsp3) is 0.500. The average molecular weight is 292 g/mol. The Hall–Kier alpha value is -2.31. The van der Waals surface area contributed by atoms with Gasteiger partial charge in [-0.25, -0.2) is 9.78 Å². The Morgan fingerprint density at radius 1 is 1.33 bits per heavy atom. The van der Waals surface area contributed by atoms with Crippen molar-refractivity contribution < 1.29 is 14.7 Å². The molecule has 7 nitrogen and oxygen atoms in total. The third-order valence-corrected chi connectivity index (χ3v) is 3.78. The Morgan fingerprint density at radius 3 is 2.43 bits per heavy atom. The third kappa shape index (κ3) is 3.42. The summed E-state index contributed by atoms with van der Waals surface area (Å²) in [6.07, 6.45) is 0.518. The van der Waals surface area contributed by atoms with Crippen molar-refractivity contribution in [3.05, 3.63) is 23.5 Å². The Balaban J connectivity index is 2.23. The highest BCUT2D eigenvalue weighted by atomic mass is 16.4. The number of nitrogens with zero attached hydrogens (tertiary/aromatic N) is 3. The number of carbonyl (C=O) groups excluding carboxylic acids is 1.